The largest absolute Gasteiger partial charge is 0.384 e. The quantitative estimate of drug-likeness (QED) is 0.873. The van der Waals surface area contributed by atoms with Crippen molar-refractivity contribution in [1.29, 1.82) is 0 Å². The molecular weight excluding hydrogens is 298 g/mol. The first kappa shape index (κ1) is 14.2. The van der Waals surface area contributed by atoms with Gasteiger partial charge in [0.2, 0.25) is 0 Å². The number of likely N-dealkylation sites (tertiary alicyclic amines) is 1. The molecule has 1 aromatic heterocycles. The van der Waals surface area contributed by atoms with Gasteiger partial charge in [0.25, 0.3) is 5.91 Å². The van der Waals surface area contributed by atoms with E-state index in [1.54, 1.807) is 18.4 Å². The number of hydrogen-bond acceptors (Lipinski definition) is 4. The zero-order chi connectivity index (χ0) is 15.2. The summed E-state index contributed by atoms with van der Waals surface area (Å²) < 4.78 is 12.2. The molecule has 0 spiro atoms. The molecule has 2 aromatic rings. The first-order valence-electron chi connectivity index (χ1n) is 7.56. The molecule has 2 aliphatic heterocycles. The summed E-state index contributed by atoms with van der Waals surface area (Å²) in [5.41, 5.74) is -0.0128. The number of nitrogens with zero attached hydrogens (tertiary/aromatic N) is 1. The number of carbonyl (C=O) groups excluding carboxylic acids is 1. The van der Waals surface area contributed by atoms with Crippen molar-refractivity contribution in [2.24, 2.45) is 11.3 Å². The van der Waals surface area contributed by atoms with Crippen LogP contribution in [0.1, 0.15) is 9.67 Å². The third-order valence-corrected chi connectivity index (χ3v) is 5.98. The molecule has 4 nitrogen and oxygen atoms in total. The number of hydrogen-bond donors (Lipinski definition) is 0. The molecule has 4 rings (SSSR count). The van der Waals surface area contributed by atoms with Crippen LogP contribution >= 0.6 is 11.3 Å². The van der Waals surface area contributed by atoms with Crippen molar-refractivity contribution in [3.8, 4) is 0 Å². The maximum absolute atomic E-state index is 12.8. The second kappa shape index (κ2) is 5.33. The molecule has 2 fully saturated rings. The topological polar surface area (TPSA) is 38.8 Å². The predicted octanol–water partition coefficient (Wildman–Crippen LogP) is 2.64. The Morgan fingerprint density at radius 2 is 2.36 bits per heavy atom. The van der Waals surface area contributed by atoms with Gasteiger partial charge in [0.1, 0.15) is 0 Å². The lowest BCUT2D eigenvalue weighted by molar-refractivity contribution is 0.0491. The minimum absolute atomic E-state index is 0.0128. The maximum Gasteiger partial charge on any atom is 0.263 e. The number of carbonyl (C=O) groups is 1. The number of fused-ring (bicyclic) bond motifs is 2. The molecule has 22 heavy (non-hydrogen) atoms. The van der Waals surface area contributed by atoms with Crippen molar-refractivity contribution in [2.45, 2.75) is 0 Å². The van der Waals surface area contributed by atoms with E-state index in [4.69, 9.17) is 9.47 Å². The van der Waals surface area contributed by atoms with Crippen LogP contribution in [0.25, 0.3) is 10.1 Å². The highest BCUT2D eigenvalue weighted by molar-refractivity contribution is 7.20. The van der Waals surface area contributed by atoms with Crippen molar-refractivity contribution < 1.29 is 14.3 Å². The fraction of sp³-hybridized carbons (Fsp3) is 0.471. The van der Waals surface area contributed by atoms with E-state index in [9.17, 15) is 4.79 Å². The number of methoxy groups -OCH3 is 1. The van der Waals surface area contributed by atoms with Crippen LogP contribution in [0.2, 0.25) is 0 Å². The third kappa shape index (κ3) is 2.16. The minimum Gasteiger partial charge on any atom is -0.384 e. The molecule has 116 valence electrons. The smallest absolute Gasteiger partial charge is 0.263 e. The summed E-state index contributed by atoms with van der Waals surface area (Å²) in [5.74, 6) is 0.539. The predicted molar refractivity (Wildman–Crippen MR) is 86.3 cm³/mol. The van der Waals surface area contributed by atoms with E-state index in [1.807, 2.05) is 23.1 Å². The lowest BCUT2D eigenvalue weighted by atomic mass is 9.82. The average molecular weight is 317 g/mol. The van der Waals surface area contributed by atoms with Crippen molar-refractivity contribution in [3.05, 3.63) is 35.2 Å². The number of amides is 1. The molecule has 2 aliphatic rings. The monoisotopic (exact) mass is 317 g/mol. The molecule has 0 saturated carbocycles. The number of rotatable bonds is 3. The highest BCUT2D eigenvalue weighted by Crippen LogP contribution is 2.42. The lowest BCUT2D eigenvalue weighted by Crippen LogP contribution is -2.36. The van der Waals surface area contributed by atoms with E-state index < -0.39 is 0 Å². The number of thiophene rings is 1. The summed E-state index contributed by atoms with van der Waals surface area (Å²) in [7, 11) is 1.72. The molecular formula is C17H19NO3S. The van der Waals surface area contributed by atoms with Gasteiger partial charge >= 0.3 is 0 Å². The fourth-order valence-electron chi connectivity index (χ4n) is 3.72. The molecule has 0 unspecified atom stereocenters. The Labute approximate surface area is 133 Å². The van der Waals surface area contributed by atoms with Gasteiger partial charge in [-0.05, 0) is 17.5 Å². The van der Waals surface area contributed by atoms with Gasteiger partial charge in [0.05, 0.1) is 24.7 Å². The molecule has 0 bridgehead atoms. The first-order valence-corrected chi connectivity index (χ1v) is 8.38. The Kier molecular flexibility index (Phi) is 3.44. The minimum atomic E-state index is -0.0128. The van der Waals surface area contributed by atoms with Gasteiger partial charge in [0.15, 0.2) is 0 Å². The van der Waals surface area contributed by atoms with Gasteiger partial charge in [-0.3, -0.25) is 4.79 Å². The van der Waals surface area contributed by atoms with Gasteiger partial charge in [-0.15, -0.1) is 11.3 Å². The van der Waals surface area contributed by atoms with Gasteiger partial charge in [-0.25, -0.2) is 0 Å². The first-order chi connectivity index (χ1) is 10.7. The Balaban J connectivity index is 1.59. The highest BCUT2D eigenvalue weighted by Gasteiger charge is 2.52. The van der Waals surface area contributed by atoms with E-state index in [0.717, 1.165) is 30.0 Å². The molecule has 1 amide bonds. The fourth-order valence-corrected chi connectivity index (χ4v) is 4.75. The van der Waals surface area contributed by atoms with E-state index >= 15 is 0 Å². The Hall–Kier alpha value is -1.43. The summed E-state index contributed by atoms with van der Waals surface area (Å²) >= 11 is 1.58. The van der Waals surface area contributed by atoms with Crippen LogP contribution in [0.15, 0.2) is 30.3 Å². The van der Waals surface area contributed by atoms with Crippen LogP contribution in [0.5, 0.6) is 0 Å². The van der Waals surface area contributed by atoms with Gasteiger partial charge in [-0.2, -0.15) is 0 Å². The van der Waals surface area contributed by atoms with Crippen molar-refractivity contribution in [1.82, 2.24) is 4.90 Å². The van der Waals surface area contributed by atoms with E-state index in [1.165, 1.54) is 4.70 Å². The van der Waals surface area contributed by atoms with Gasteiger partial charge < -0.3 is 14.4 Å². The van der Waals surface area contributed by atoms with E-state index in [-0.39, 0.29) is 11.3 Å². The highest BCUT2D eigenvalue weighted by atomic mass is 32.1. The second-order valence-corrected chi connectivity index (χ2v) is 7.43. The summed E-state index contributed by atoms with van der Waals surface area (Å²) in [6.07, 6.45) is 0. The second-order valence-electron chi connectivity index (χ2n) is 6.34. The van der Waals surface area contributed by atoms with Crippen LogP contribution in [0.3, 0.4) is 0 Å². The summed E-state index contributed by atoms with van der Waals surface area (Å²) in [6, 6.07) is 10.2. The Bertz CT molecular complexity index is 680. The van der Waals surface area contributed by atoms with Crippen molar-refractivity contribution in [2.75, 3.05) is 40.0 Å². The maximum atomic E-state index is 12.8. The van der Waals surface area contributed by atoms with Gasteiger partial charge in [0, 0.05) is 36.2 Å². The third-order valence-electron chi connectivity index (χ3n) is 4.88. The molecule has 2 saturated heterocycles. The lowest BCUT2D eigenvalue weighted by Gasteiger charge is -2.25. The molecule has 0 aliphatic carbocycles. The Morgan fingerprint density at radius 3 is 3.18 bits per heavy atom. The summed E-state index contributed by atoms with van der Waals surface area (Å²) in [4.78, 5) is 15.7. The number of ether oxygens (including phenoxy) is 2. The SMILES string of the molecule is COC[C@@]12COC[C@@H]1CN(C(=O)c1cc3ccccc3s1)C2. The average Bonchev–Trinajstić information content (AvgIpc) is 3.17. The molecule has 2 atom stereocenters. The van der Waals surface area contributed by atoms with Crippen LogP contribution in [0.4, 0.5) is 0 Å². The summed E-state index contributed by atoms with van der Waals surface area (Å²) in [6.45, 7) is 3.60. The van der Waals surface area contributed by atoms with Crippen LogP contribution < -0.4 is 0 Å². The number of benzene rings is 1. The van der Waals surface area contributed by atoms with E-state index in [2.05, 4.69) is 12.1 Å². The molecule has 1 aromatic carbocycles. The van der Waals surface area contributed by atoms with Crippen LogP contribution in [-0.4, -0.2) is 50.8 Å². The molecule has 5 heteroatoms. The normalized spacial score (nSPS) is 27.5. The standard InChI is InChI=1S/C17H19NO3S/c1-20-10-17-9-18(7-13(17)8-21-11-17)16(19)15-6-12-4-2-3-5-14(12)22-15/h2-6,13H,7-11H2,1H3/t13-,17-/m0/s1. The van der Waals surface area contributed by atoms with Crippen molar-refractivity contribution in [3.63, 3.8) is 0 Å². The zero-order valence-electron chi connectivity index (χ0n) is 12.6. The van der Waals surface area contributed by atoms with Crippen LogP contribution in [-0.2, 0) is 9.47 Å². The van der Waals surface area contributed by atoms with E-state index in [0.29, 0.717) is 19.1 Å². The molecule has 0 N–H and O–H groups in total. The summed E-state index contributed by atoms with van der Waals surface area (Å²) in [5, 5.41) is 1.14. The molecule has 3 heterocycles. The Morgan fingerprint density at radius 1 is 1.50 bits per heavy atom. The van der Waals surface area contributed by atoms with Crippen LogP contribution in [0, 0.1) is 11.3 Å². The van der Waals surface area contributed by atoms with Gasteiger partial charge in [-0.1, -0.05) is 18.2 Å². The molecule has 0 radical (unpaired) electrons. The zero-order valence-corrected chi connectivity index (χ0v) is 13.4. The van der Waals surface area contributed by atoms with Crippen molar-refractivity contribution >= 4 is 27.3 Å².